The Morgan fingerprint density at radius 1 is 1.14 bits per heavy atom. The maximum atomic E-state index is 11.1. The van der Waals surface area contributed by atoms with Gasteiger partial charge < -0.3 is 10.2 Å². The summed E-state index contributed by atoms with van der Waals surface area (Å²) in [5.74, 6) is 1.08. The highest BCUT2D eigenvalue weighted by Crippen LogP contribution is 2.62. The number of aliphatic hydroxyl groups excluding tert-OH is 1. The Kier molecular flexibility index (Phi) is 5.14. The third-order valence-electron chi connectivity index (χ3n) is 7.03. The molecular formula is C20H36O2. The van der Waals surface area contributed by atoms with Crippen molar-refractivity contribution in [2.45, 2.75) is 85.2 Å². The van der Waals surface area contributed by atoms with Crippen molar-refractivity contribution in [1.29, 1.82) is 0 Å². The predicted molar refractivity (Wildman–Crippen MR) is 92.7 cm³/mol. The van der Waals surface area contributed by atoms with E-state index in [4.69, 9.17) is 5.11 Å². The SMILES string of the molecule is CC(=CCO)CCC1C(C)(O)CCC2C(C)(C)CCCC21C. The van der Waals surface area contributed by atoms with Crippen molar-refractivity contribution < 1.29 is 10.2 Å². The Morgan fingerprint density at radius 2 is 1.82 bits per heavy atom. The molecule has 4 unspecified atom stereocenters. The molecule has 2 aliphatic carbocycles. The van der Waals surface area contributed by atoms with Crippen LogP contribution in [-0.4, -0.2) is 22.4 Å². The molecule has 0 spiro atoms. The zero-order chi connectivity index (χ0) is 16.6. The van der Waals surface area contributed by atoms with Crippen LogP contribution < -0.4 is 0 Å². The molecule has 4 atom stereocenters. The number of fused-ring (bicyclic) bond motifs is 1. The first kappa shape index (κ1) is 18.0. The van der Waals surface area contributed by atoms with E-state index in [2.05, 4.69) is 34.6 Å². The minimum Gasteiger partial charge on any atom is -0.392 e. The van der Waals surface area contributed by atoms with E-state index in [9.17, 15) is 5.11 Å². The molecule has 0 heterocycles. The molecule has 2 fully saturated rings. The molecular weight excluding hydrogens is 272 g/mol. The highest BCUT2D eigenvalue weighted by atomic mass is 16.3. The fourth-order valence-electron chi connectivity index (χ4n) is 5.90. The first-order chi connectivity index (χ1) is 10.1. The Morgan fingerprint density at radius 3 is 2.45 bits per heavy atom. The maximum Gasteiger partial charge on any atom is 0.0653 e. The van der Waals surface area contributed by atoms with E-state index < -0.39 is 5.60 Å². The van der Waals surface area contributed by atoms with Crippen molar-refractivity contribution in [2.75, 3.05) is 6.61 Å². The minimum atomic E-state index is -0.543. The molecule has 0 bridgehead atoms. The molecule has 0 aromatic carbocycles. The third kappa shape index (κ3) is 3.28. The van der Waals surface area contributed by atoms with Crippen LogP contribution in [0, 0.1) is 22.7 Å². The summed E-state index contributed by atoms with van der Waals surface area (Å²) in [7, 11) is 0. The summed E-state index contributed by atoms with van der Waals surface area (Å²) < 4.78 is 0. The van der Waals surface area contributed by atoms with Gasteiger partial charge in [0.25, 0.3) is 0 Å². The smallest absolute Gasteiger partial charge is 0.0653 e. The standard InChI is InChI=1S/C20H36O2/c1-15(10-14-21)7-8-17-19(4)12-6-11-18(2,3)16(19)9-13-20(17,5)22/h10,16-17,21-22H,6-9,11-14H2,1-5H3. The quantitative estimate of drug-likeness (QED) is 0.739. The van der Waals surface area contributed by atoms with Gasteiger partial charge in [-0.15, -0.1) is 0 Å². The first-order valence-electron chi connectivity index (χ1n) is 9.12. The zero-order valence-electron chi connectivity index (χ0n) is 15.3. The van der Waals surface area contributed by atoms with E-state index in [1.807, 2.05) is 6.08 Å². The van der Waals surface area contributed by atoms with Crippen LogP contribution in [0.25, 0.3) is 0 Å². The predicted octanol–water partition coefficient (Wildman–Crippen LogP) is 4.70. The van der Waals surface area contributed by atoms with Gasteiger partial charge in [0.15, 0.2) is 0 Å². The molecule has 2 heteroatoms. The fourth-order valence-corrected chi connectivity index (χ4v) is 5.90. The van der Waals surface area contributed by atoms with Crippen LogP contribution in [0.2, 0.25) is 0 Å². The van der Waals surface area contributed by atoms with Crippen molar-refractivity contribution in [2.24, 2.45) is 22.7 Å². The van der Waals surface area contributed by atoms with E-state index in [1.54, 1.807) is 0 Å². The summed E-state index contributed by atoms with van der Waals surface area (Å²) in [4.78, 5) is 0. The highest BCUT2D eigenvalue weighted by Gasteiger charge is 2.57. The second kappa shape index (κ2) is 6.28. The van der Waals surface area contributed by atoms with Crippen molar-refractivity contribution in [3.8, 4) is 0 Å². The average molecular weight is 309 g/mol. The van der Waals surface area contributed by atoms with Crippen LogP contribution in [0.5, 0.6) is 0 Å². The molecule has 0 aromatic heterocycles. The van der Waals surface area contributed by atoms with Gasteiger partial charge in [-0.1, -0.05) is 38.8 Å². The van der Waals surface area contributed by atoms with Crippen molar-refractivity contribution in [1.82, 2.24) is 0 Å². The van der Waals surface area contributed by atoms with Crippen LogP contribution in [-0.2, 0) is 0 Å². The molecule has 22 heavy (non-hydrogen) atoms. The van der Waals surface area contributed by atoms with Gasteiger partial charge in [0, 0.05) is 0 Å². The fraction of sp³-hybridized carbons (Fsp3) is 0.900. The summed E-state index contributed by atoms with van der Waals surface area (Å²) in [6.07, 6.45) is 9.90. The van der Waals surface area contributed by atoms with E-state index in [0.29, 0.717) is 11.3 Å². The Labute approximate surface area is 137 Å². The molecule has 0 saturated heterocycles. The second-order valence-corrected chi connectivity index (χ2v) is 9.12. The number of aliphatic hydroxyl groups is 2. The molecule has 2 nitrogen and oxygen atoms in total. The van der Waals surface area contributed by atoms with Crippen LogP contribution in [0.1, 0.15) is 79.6 Å². The largest absolute Gasteiger partial charge is 0.392 e. The lowest BCUT2D eigenvalue weighted by Crippen LogP contribution is -2.57. The Hall–Kier alpha value is -0.340. The topological polar surface area (TPSA) is 40.5 Å². The third-order valence-corrected chi connectivity index (χ3v) is 7.03. The van der Waals surface area contributed by atoms with Crippen LogP contribution in [0.15, 0.2) is 11.6 Å². The summed E-state index contributed by atoms with van der Waals surface area (Å²) >= 11 is 0. The van der Waals surface area contributed by atoms with Gasteiger partial charge in [0.2, 0.25) is 0 Å². The lowest BCUT2D eigenvalue weighted by atomic mass is 9.45. The van der Waals surface area contributed by atoms with E-state index in [1.165, 1.54) is 31.3 Å². The van der Waals surface area contributed by atoms with Crippen molar-refractivity contribution in [3.63, 3.8) is 0 Å². The van der Waals surface area contributed by atoms with Crippen LogP contribution in [0.3, 0.4) is 0 Å². The number of allylic oxidation sites excluding steroid dienone is 1. The van der Waals surface area contributed by atoms with E-state index >= 15 is 0 Å². The Balaban J connectivity index is 2.24. The lowest BCUT2D eigenvalue weighted by molar-refractivity contribution is -0.168. The van der Waals surface area contributed by atoms with Gasteiger partial charge in [-0.2, -0.15) is 0 Å². The minimum absolute atomic E-state index is 0.125. The molecule has 0 aliphatic heterocycles. The van der Waals surface area contributed by atoms with Gasteiger partial charge in [-0.25, -0.2) is 0 Å². The van der Waals surface area contributed by atoms with Crippen molar-refractivity contribution >= 4 is 0 Å². The molecule has 0 radical (unpaired) electrons. The van der Waals surface area contributed by atoms with Crippen molar-refractivity contribution in [3.05, 3.63) is 11.6 Å². The lowest BCUT2D eigenvalue weighted by Gasteiger charge is -2.61. The van der Waals surface area contributed by atoms with Crippen LogP contribution >= 0.6 is 0 Å². The molecule has 2 aliphatic rings. The molecule has 128 valence electrons. The molecule has 0 aromatic rings. The maximum absolute atomic E-state index is 11.1. The highest BCUT2D eigenvalue weighted by molar-refractivity contribution is 5.09. The molecule has 2 rings (SSSR count). The number of hydrogen-bond acceptors (Lipinski definition) is 2. The number of rotatable bonds is 4. The van der Waals surface area contributed by atoms with E-state index in [-0.39, 0.29) is 12.0 Å². The summed E-state index contributed by atoms with van der Waals surface area (Å²) in [5, 5.41) is 20.1. The van der Waals surface area contributed by atoms with Gasteiger partial charge in [-0.05, 0) is 75.0 Å². The normalized spacial score (nSPS) is 42.0. The number of hydrogen-bond donors (Lipinski definition) is 2. The van der Waals surface area contributed by atoms with Gasteiger partial charge in [-0.3, -0.25) is 0 Å². The average Bonchev–Trinajstić information content (AvgIpc) is 2.36. The summed E-state index contributed by atoms with van der Waals surface area (Å²) in [5.41, 5.74) is 1.36. The Bertz CT molecular complexity index is 421. The summed E-state index contributed by atoms with van der Waals surface area (Å²) in [6.45, 7) is 11.6. The molecule has 0 amide bonds. The molecule has 2 N–H and O–H groups in total. The van der Waals surface area contributed by atoms with Crippen LogP contribution in [0.4, 0.5) is 0 Å². The monoisotopic (exact) mass is 308 g/mol. The zero-order valence-corrected chi connectivity index (χ0v) is 15.3. The van der Waals surface area contributed by atoms with E-state index in [0.717, 1.165) is 25.2 Å². The van der Waals surface area contributed by atoms with Gasteiger partial charge in [0.1, 0.15) is 0 Å². The second-order valence-electron chi connectivity index (χ2n) is 9.12. The van der Waals surface area contributed by atoms with Gasteiger partial charge in [0.05, 0.1) is 12.2 Å². The first-order valence-corrected chi connectivity index (χ1v) is 9.12. The molecule has 2 saturated carbocycles. The van der Waals surface area contributed by atoms with Gasteiger partial charge >= 0.3 is 0 Å². The summed E-state index contributed by atoms with van der Waals surface area (Å²) in [6, 6.07) is 0.